The van der Waals surface area contributed by atoms with Crippen molar-refractivity contribution in [1.82, 2.24) is 4.98 Å². The van der Waals surface area contributed by atoms with Crippen LogP contribution in [0.2, 0.25) is 0 Å². The number of oxazole rings is 1. The molecule has 1 aromatic heterocycles. The van der Waals surface area contributed by atoms with Crippen molar-refractivity contribution in [2.45, 2.75) is 6.92 Å². The van der Waals surface area contributed by atoms with Crippen LogP contribution in [0.25, 0.3) is 11.1 Å². The summed E-state index contributed by atoms with van der Waals surface area (Å²) in [4.78, 5) is 17.2. The molecule has 0 saturated heterocycles. The van der Waals surface area contributed by atoms with Crippen molar-refractivity contribution < 1.29 is 14.3 Å². The van der Waals surface area contributed by atoms with Crippen LogP contribution < -0.4 is 4.90 Å². The number of carboxylic acids is 1. The van der Waals surface area contributed by atoms with Crippen molar-refractivity contribution in [3.63, 3.8) is 0 Å². The van der Waals surface area contributed by atoms with Crippen LogP contribution in [0.4, 0.5) is 11.7 Å². The summed E-state index contributed by atoms with van der Waals surface area (Å²) in [5.41, 5.74) is 3.38. The molecule has 0 bridgehead atoms. The predicted molar refractivity (Wildman–Crippen MR) is 80.2 cm³/mol. The molecule has 106 valence electrons. The van der Waals surface area contributed by atoms with E-state index < -0.39 is 5.97 Å². The highest BCUT2D eigenvalue weighted by atomic mass is 16.4. The van der Waals surface area contributed by atoms with Crippen molar-refractivity contribution in [2.75, 3.05) is 11.9 Å². The Hall–Kier alpha value is -2.82. The number of nitrogens with zero attached hydrogens (tertiary/aromatic N) is 2. The third kappa shape index (κ3) is 2.45. The molecule has 0 radical (unpaired) electrons. The summed E-state index contributed by atoms with van der Waals surface area (Å²) in [6, 6.07) is 13.0. The molecular formula is C16H14N2O3. The zero-order chi connectivity index (χ0) is 15.0. The minimum absolute atomic E-state index is 0.184. The van der Waals surface area contributed by atoms with Crippen LogP contribution in [0.5, 0.6) is 0 Å². The van der Waals surface area contributed by atoms with Gasteiger partial charge in [0.05, 0.1) is 5.56 Å². The van der Waals surface area contributed by atoms with Gasteiger partial charge in [0.2, 0.25) is 0 Å². The summed E-state index contributed by atoms with van der Waals surface area (Å²) >= 11 is 0. The highest BCUT2D eigenvalue weighted by molar-refractivity contribution is 5.92. The van der Waals surface area contributed by atoms with Gasteiger partial charge in [-0.05, 0) is 42.8 Å². The smallest absolute Gasteiger partial charge is 0.335 e. The molecule has 5 nitrogen and oxygen atoms in total. The monoisotopic (exact) mass is 282 g/mol. The fourth-order valence-corrected chi connectivity index (χ4v) is 2.14. The van der Waals surface area contributed by atoms with Crippen LogP contribution in [0.15, 0.2) is 46.9 Å². The van der Waals surface area contributed by atoms with Gasteiger partial charge >= 0.3 is 12.0 Å². The lowest BCUT2D eigenvalue weighted by atomic mass is 10.2. The number of carbonyl (C=O) groups is 1. The van der Waals surface area contributed by atoms with E-state index in [1.54, 1.807) is 6.07 Å². The van der Waals surface area contributed by atoms with E-state index in [4.69, 9.17) is 9.52 Å². The van der Waals surface area contributed by atoms with E-state index in [0.717, 1.165) is 11.3 Å². The summed E-state index contributed by atoms with van der Waals surface area (Å²) in [7, 11) is 1.86. The highest BCUT2D eigenvalue weighted by Gasteiger charge is 2.14. The first-order valence-corrected chi connectivity index (χ1v) is 6.49. The zero-order valence-corrected chi connectivity index (χ0v) is 11.7. The maximum Gasteiger partial charge on any atom is 0.335 e. The Balaban J connectivity index is 2.02. The average molecular weight is 282 g/mol. The highest BCUT2D eigenvalue weighted by Crippen LogP contribution is 2.27. The first-order valence-electron chi connectivity index (χ1n) is 6.49. The van der Waals surface area contributed by atoms with E-state index >= 15 is 0 Å². The molecule has 0 unspecified atom stereocenters. The van der Waals surface area contributed by atoms with Crippen LogP contribution in [-0.2, 0) is 0 Å². The molecule has 1 heterocycles. The third-order valence-electron chi connectivity index (χ3n) is 3.30. The second-order valence-corrected chi connectivity index (χ2v) is 4.88. The lowest BCUT2D eigenvalue weighted by Crippen LogP contribution is -2.09. The van der Waals surface area contributed by atoms with Gasteiger partial charge in [0.15, 0.2) is 5.58 Å². The number of aromatic carboxylic acids is 1. The Labute approximate surface area is 121 Å². The average Bonchev–Trinajstić information content (AvgIpc) is 2.89. The maximum atomic E-state index is 11.0. The third-order valence-corrected chi connectivity index (χ3v) is 3.30. The van der Waals surface area contributed by atoms with E-state index in [2.05, 4.69) is 4.98 Å². The summed E-state index contributed by atoms with van der Waals surface area (Å²) in [6.45, 7) is 2.02. The van der Waals surface area contributed by atoms with E-state index in [0.29, 0.717) is 17.1 Å². The molecule has 0 aliphatic carbocycles. The van der Waals surface area contributed by atoms with Crippen LogP contribution >= 0.6 is 0 Å². The molecule has 0 aliphatic rings. The van der Waals surface area contributed by atoms with Gasteiger partial charge < -0.3 is 9.52 Å². The molecule has 1 N–H and O–H groups in total. The van der Waals surface area contributed by atoms with Gasteiger partial charge in [-0.3, -0.25) is 4.90 Å². The second kappa shape index (κ2) is 4.94. The maximum absolute atomic E-state index is 11.0. The predicted octanol–water partition coefficient (Wildman–Crippen LogP) is 3.60. The van der Waals surface area contributed by atoms with Crippen LogP contribution in [0.1, 0.15) is 15.9 Å². The number of rotatable bonds is 3. The Morgan fingerprint density at radius 3 is 2.76 bits per heavy atom. The Morgan fingerprint density at radius 1 is 1.24 bits per heavy atom. The molecule has 0 saturated carbocycles. The molecule has 0 aliphatic heterocycles. The van der Waals surface area contributed by atoms with Gasteiger partial charge in [0.1, 0.15) is 5.52 Å². The normalized spacial score (nSPS) is 10.8. The van der Waals surface area contributed by atoms with Crippen molar-refractivity contribution in [2.24, 2.45) is 0 Å². The van der Waals surface area contributed by atoms with E-state index in [-0.39, 0.29) is 5.56 Å². The van der Waals surface area contributed by atoms with Crippen LogP contribution in [-0.4, -0.2) is 23.1 Å². The summed E-state index contributed by atoms with van der Waals surface area (Å²) in [5, 5.41) is 9.00. The molecule has 5 heteroatoms. The number of hydrogen-bond donors (Lipinski definition) is 1. The van der Waals surface area contributed by atoms with Crippen LogP contribution in [0.3, 0.4) is 0 Å². The van der Waals surface area contributed by atoms with Gasteiger partial charge in [-0.1, -0.05) is 12.1 Å². The molecule has 0 fully saturated rings. The summed E-state index contributed by atoms with van der Waals surface area (Å²) in [5.74, 6) is -0.984. The zero-order valence-electron chi connectivity index (χ0n) is 11.7. The summed E-state index contributed by atoms with van der Waals surface area (Å²) < 4.78 is 5.67. The molecule has 0 amide bonds. The largest absolute Gasteiger partial charge is 0.478 e. The Morgan fingerprint density at radius 2 is 2.05 bits per heavy atom. The second-order valence-electron chi connectivity index (χ2n) is 4.88. The number of fused-ring (bicyclic) bond motifs is 1. The van der Waals surface area contributed by atoms with Crippen molar-refractivity contribution in [3.8, 4) is 0 Å². The summed E-state index contributed by atoms with van der Waals surface area (Å²) in [6.07, 6.45) is 0. The molecule has 3 rings (SSSR count). The fourth-order valence-electron chi connectivity index (χ4n) is 2.14. The van der Waals surface area contributed by atoms with Crippen molar-refractivity contribution in [1.29, 1.82) is 0 Å². The van der Waals surface area contributed by atoms with E-state index in [1.165, 1.54) is 12.1 Å². The number of hydrogen-bond acceptors (Lipinski definition) is 4. The van der Waals surface area contributed by atoms with Gasteiger partial charge in [-0.15, -0.1) is 0 Å². The van der Waals surface area contributed by atoms with Gasteiger partial charge in [0, 0.05) is 12.7 Å². The number of anilines is 2. The minimum atomic E-state index is -0.984. The number of benzene rings is 2. The quantitative estimate of drug-likeness (QED) is 0.795. The standard InChI is InChI=1S/C16H14N2O3/c1-10-4-3-5-12(8-10)18(2)16-17-13-7-6-11(15(19)20)9-14(13)21-16/h3-9H,1-2H3,(H,19,20). The van der Waals surface area contributed by atoms with Gasteiger partial charge in [-0.25, -0.2) is 4.79 Å². The first kappa shape index (κ1) is 13.2. The lowest BCUT2D eigenvalue weighted by Gasteiger charge is -2.14. The number of aryl methyl sites for hydroxylation is 1. The number of aromatic nitrogens is 1. The first-order chi connectivity index (χ1) is 10.0. The number of carboxylic acid groups (broad SMARTS) is 1. The Bertz CT molecular complexity index is 823. The lowest BCUT2D eigenvalue weighted by molar-refractivity contribution is 0.0697. The molecule has 0 spiro atoms. The minimum Gasteiger partial charge on any atom is -0.478 e. The van der Waals surface area contributed by atoms with Gasteiger partial charge in [0.25, 0.3) is 0 Å². The molecule has 2 aromatic carbocycles. The van der Waals surface area contributed by atoms with E-state index in [9.17, 15) is 4.79 Å². The molecule has 21 heavy (non-hydrogen) atoms. The Kier molecular flexibility index (Phi) is 3.10. The fraction of sp³-hybridized carbons (Fsp3) is 0.125. The topological polar surface area (TPSA) is 66.6 Å². The van der Waals surface area contributed by atoms with Gasteiger partial charge in [-0.2, -0.15) is 4.98 Å². The molecular weight excluding hydrogens is 268 g/mol. The SMILES string of the molecule is Cc1cccc(N(C)c2nc3ccc(C(=O)O)cc3o2)c1. The van der Waals surface area contributed by atoms with Crippen molar-refractivity contribution >= 4 is 28.8 Å². The van der Waals surface area contributed by atoms with Crippen molar-refractivity contribution in [3.05, 3.63) is 53.6 Å². The van der Waals surface area contributed by atoms with Crippen LogP contribution in [0, 0.1) is 6.92 Å². The van der Waals surface area contributed by atoms with E-state index in [1.807, 2.05) is 43.1 Å². The molecule has 0 atom stereocenters. The molecule has 3 aromatic rings.